The average molecular weight is 391 g/mol. The molecule has 2 saturated carbocycles. The van der Waals surface area contributed by atoms with Gasteiger partial charge in [-0.15, -0.1) is 0 Å². The van der Waals surface area contributed by atoms with Gasteiger partial charge in [-0.2, -0.15) is 13.2 Å². The Labute approximate surface area is 157 Å². The molecule has 3 rings (SSSR count). The van der Waals surface area contributed by atoms with Crippen LogP contribution in [0.25, 0.3) is 0 Å². The van der Waals surface area contributed by atoms with Crippen LogP contribution >= 0.6 is 0 Å². The standard InChI is InChI=1S/C19H28F3NO4/c1-17(2,3)27-16(25)23-13-8-12(13)9-14(23)15(24)7-11-5-4-6-18(26,10-11)19(20,21)22/h11-14,26H,4-10H2,1-3H3/t11?,12-,13-,14+,18?/m1/s1. The molecule has 0 bridgehead atoms. The van der Waals surface area contributed by atoms with Crippen molar-refractivity contribution in [3.05, 3.63) is 0 Å². The Balaban J connectivity index is 1.64. The molecular formula is C19H28F3NO4. The number of rotatable bonds is 3. The van der Waals surface area contributed by atoms with Gasteiger partial charge >= 0.3 is 12.3 Å². The van der Waals surface area contributed by atoms with Crippen LogP contribution in [0, 0.1) is 11.8 Å². The van der Waals surface area contributed by atoms with Crippen LogP contribution in [0.2, 0.25) is 0 Å². The van der Waals surface area contributed by atoms with Gasteiger partial charge in [-0.1, -0.05) is 0 Å². The van der Waals surface area contributed by atoms with Crippen molar-refractivity contribution in [3.8, 4) is 0 Å². The van der Waals surface area contributed by atoms with Crippen LogP contribution in [0.1, 0.15) is 65.7 Å². The summed E-state index contributed by atoms with van der Waals surface area (Å²) in [6.07, 6.45) is -3.91. The Morgan fingerprint density at radius 3 is 2.48 bits per heavy atom. The third-order valence-corrected chi connectivity index (χ3v) is 5.93. The van der Waals surface area contributed by atoms with Gasteiger partial charge in [-0.05, 0) is 71.1 Å². The second kappa shape index (κ2) is 6.64. The zero-order valence-electron chi connectivity index (χ0n) is 16.0. The van der Waals surface area contributed by atoms with Crippen LogP contribution in [0.4, 0.5) is 18.0 Å². The third-order valence-electron chi connectivity index (χ3n) is 5.93. The molecule has 1 saturated heterocycles. The number of carbonyl (C=O) groups excluding carboxylic acids is 2. The van der Waals surface area contributed by atoms with Crippen molar-refractivity contribution in [2.45, 2.75) is 95.2 Å². The summed E-state index contributed by atoms with van der Waals surface area (Å²) in [4.78, 5) is 26.8. The first-order chi connectivity index (χ1) is 12.3. The minimum Gasteiger partial charge on any atom is -0.444 e. The van der Waals surface area contributed by atoms with E-state index in [4.69, 9.17) is 4.74 Å². The molecule has 5 atom stereocenters. The van der Waals surface area contributed by atoms with E-state index in [-0.39, 0.29) is 37.0 Å². The summed E-state index contributed by atoms with van der Waals surface area (Å²) >= 11 is 0. The Hall–Kier alpha value is -1.31. The fourth-order valence-electron chi connectivity index (χ4n) is 4.54. The molecule has 0 aromatic rings. The summed E-state index contributed by atoms with van der Waals surface area (Å²) < 4.78 is 44.8. The van der Waals surface area contributed by atoms with Gasteiger partial charge in [-0.3, -0.25) is 9.69 Å². The van der Waals surface area contributed by atoms with Crippen molar-refractivity contribution < 1.29 is 32.6 Å². The van der Waals surface area contributed by atoms with Crippen LogP contribution in [-0.2, 0) is 9.53 Å². The van der Waals surface area contributed by atoms with Crippen molar-refractivity contribution in [2.24, 2.45) is 11.8 Å². The second-order valence-corrected chi connectivity index (χ2v) is 9.36. The van der Waals surface area contributed by atoms with Crippen LogP contribution in [0.5, 0.6) is 0 Å². The maximum Gasteiger partial charge on any atom is 0.417 e. The number of amides is 1. The number of alkyl halides is 3. The van der Waals surface area contributed by atoms with Crippen molar-refractivity contribution in [1.29, 1.82) is 0 Å². The van der Waals surface area contributed by atoms with Crippen LogP contribution < -0.4 is 0 Å². The highest BCUT2D eigenvalue weighted by Crippen LogP contribution is 2.50. The van der Waals surface area contributed by atoms with Crippen molar-refractivity contribution in [3.63, 3.8) is 0 Å². The fourth-order valence-corrected chi connectivity index (χ4v) is 4.54. The smallest absolute Gasteiger partial charge is 0.417 e. The maximum atomic E-state index is 13.1. The van der Waals surface area contributed by atoms with Gasteiger partial charge in [0.25, 0.3) is 0 Å². The first-order valence-electron chi connectivity index (χ1n) is 9.64. The lowest BCUT2D eigenvalue weighted by atomic mass is 9.75. The van der Waals surface area contributed by atoms with E-state index in [1.165, 1.54) is 4.90 Å². The number of ether oxygens (including phenoxy) is 1. The Bertz CT molecular complexity index is 615. The molecule has 1 aliphatic heterocycles. The molecule has 154 valence electrons. The van der Waals surface area contributed by atoms with Gasteiger partial charge in [0, 0.05) is 12.5 Å². The average Bonchev–Trinajstić information content (AvgIpc) is 3.14. The number of hydrogen-bond acceptors (Lipinski definition) is 4. The molecular weight excluding hydrogens is 363 g/mol. The highest BCUT2D eigenvalue weighted by atomic mass is 19.4. The molecule has 0 aromatic carbocycles. The maximum absolute atomic E-state index is 13.1. The van der Waals surface area contributed by atoms with E-state index in [9.17, 15) is 27.9 Å². The SMILES string of the molecule is CC(C)(C)OC(=O)N1[C@@H]2C[C@@H]2C[C@H]1C(=O)CC1CCCC(O)(C(F)(F)F)C1. The molecule has 8 heteroatoms. The van der Waals surface area contributed by atoms with Gasteiger partial charge in [0.15, 0.2) is 11.4 Å². The molecule has 3 fully saturated rings. The highest BCUT2D eigenvalue weighted by molar-refractivity contribution is 5.89. The number of aliphatic hydroxyl groups is 1. The molecule has 0 aromatic heterocycles. The van der Waals surface area contributed by atoms with E-state index in [2.05, 4.69) is 0 Å². The van der Waals surface area contributed by atoms with Crippen LogP contribution in [0.15, 0.2) is 0 Å². The number of fused-ring (bicyclic) bond motifs is 1. The number of hydrogen-bond donors (Lipinski definition) is 1. The van der Waals surface area contributed by atoms with Crippen molar-refractivity contribution in [2.75, 3.05) is 0 Å². The summed E-state index contributed by atoms with van der Waals surface area (Å²) in [5, 5.41) is 9.95. The van der Waals surface area contributed by atoms with E-state index in [1.54, 1.807) is 20.8 Å². The number of likely N-dealkylation sites (tertiary alicyclic amines) is 1. The Morgan fingerprint density at radius 1 is 1.22 bits per heavy atom. The lowest BCUT2D eigenvalue weighted by Crippen LogP contribution is -2.50. The van der Waals surface area contributed by atoms with E-state index < -0.39 is 41.9 Å². The number of nitrogens with zero attached hydrogens (tertiary/aromatic N) is 1. The molecule has 1 heterocycles. The van der Waals surface area contributed by atoms with Crippen molar-refractivity contribution in [1.82, 2.24) is 4.90 Å². The van der Waals surface area contributed by atoms with Gasteiger partial charge in [-0.25, -0.2) is 4.79 Å². The first kappa shape index (κ1) is 20.4. The monoisotopic (exact) mass is 391 g/mol. The first-order valence-corrected chi connectivity index (χ1v) is 9.64. The predicted octanol–water partition coefficient (Wildman–Crippen LogP) is 3.83. The second-order valence-electron chi connectivity index (χ2n) is 9.36. The number of ketones is 1. The molecule has 27 heavy (non-hydrogen) atoms. The van der Waals surface area contributed by atoms with E-state index >= 15 is 0 Å². The molecule has 2 aliphatic carbocycles. The highest BCUT2D eigenvalue weighted by Gasteiger charge is 2.58. The van der Waals surface area contributed by atoms with Gasteiger partial charge < -0.3 is 9.84 Å². The fraction of sp³-hybridized carbons (Fsp3) is 0.895. The Kier molecular flexibility index (Phi) is 5.02. The minimum atomic E-state index is -4.69. The molecule has 0 spiro atoms. The third kappa shape index (κ3) is 4.25. The summed E-state index contributed by atoms with van der Waals surface area (Å²) in [6, 6.07) is -0.614. The zero-order valence-corrected chi connectivity index (χ0v) is 16.0. The van der Waals surface area contributed by atoms with E-state index in [1.807, 2.05) is 0 Å². The van der Waals surface area contributed by atoms with Crippen LogP contribution in [0.3, 0.4) is 0 Å². The number of Topliss-reactive ketones (excluding diaryl/α,β-unsaturated/α-hetero) is 1. The van der Waals surface area contributed by atoms with Crippen molar-refractivity contribution >= 4 is 11.9 Å². The summed E-state index contributed by atoms with van der Waals surface area (Å²) in [7, 11) is 0. The molecule has 3 aliphatic rings. The van der Waals surface area contributed by atoms with Crippen LogP contribution in [-0.4, -0.2) is 51.3 Å². The molecule has 5 nitrogen and oxygen atoms in total. The molecule has 0 radical (unpaired) electrons. The van der Waals surface area contributed by atoms with Gasteiger partial charge in [0.2, 0.25) is 0 Å². The minimum absolute atomic E-state index is 0.00673. The number of halogens is 3. The zero-order chi connectivity index (χ0) is 20.2. The summed E-state index contributed by atoms with van der Waals surface area (Å²) in [5.74, 6) is -0.454. The predicted molar refractivity (Wildman–Crippen MR) is 91.0 cm³/mol. The van der Waals surface area contributed by atoms with E-state index in [0.29, 0.717) is 12.8 Å². The summed E-state index contributed by atoms with van der Waals surface area (Å²) in [6.45, 7) is 5.26. The lowest BCUT2D eigenvalue weighted by Gasteiger charge is -2.38. The normalized spacial score (nSPS) is 36.3. The molecule has 1 N–H and O–H groups in total. The number of piperidine rings is 1. The summed E-state index contributed by atoms with van der Waals surface area (Å²) in [5.41, 5.74) is -3.39. The molecule has 1 amide bonds. The van der Waals surface area contributed by atoms with E-state index in [0.717, 1.165) is 6.42 Å². The molecule has 2 unspecified atom stereocenters. The Morgan fingerprint density at radius 2 is 1.89 bits per heavy atom. The largest absolute Gasteiger partial charge is 0.444 e. The topological polar surface area (TPSA) is 66.8 Å². The van der Waals surface area contributed by atoms with Gasteiger partial charge in [0.05, 0.1) is 6.04 Å². The quantitative estimate of drug-likeness (QED) is 0.794. The van der Waals surface area contributed by atoms with Gasteiger partial charge in [0.1, 0.15) is 5.60 Å². The number of carbonyl (C=O) groups is 2. The lowest BCUT2D eigenvalue weighted by molar-refractivity contribution is -0.274.